The zero-order valence-corrected chi connectivity index (χ0v) is 21.0. The number of rotatable bonds is 3. The van der Waals surface area contributed by atoms with E-state index in [1.807, 2.05) is 42.6 Å². The first-order valence-electron chi connectivity index (χ1n) is 12.1. The monoisotopic (exact) mass is 522 g/mol. The van der Waals surface area contributed by atoms with Gasteiger partial charge in [-0.05, 0) is 52.6 Å². The first-order chi connectivity index (χ1) is 18.0. The van der Waals surface area contributed by atoms with Crippen molar-refractivity contribution in [1.29, 1.82) is 0 Å². The summed E-state index contributed by atoms with van der Waals surface area (Å²) in [6.45, 7) is 0. The van der Waals surface area contributed by atoms with Crippen molar-refractivity contribution in [2.24, 2.45) is 16.8 Å². The summed E-state index contributed by atoms with van der Waals surface area (Å²) in [5.74, 6) is -1.94. The summed E-state index contributed by atoms with van der Waals surface area (Å²) in [6, 6.07) is 30.5. The van der Waals surface area contributed by atoms with Crippen LogP contribution in [0.15, 0.2) is 102 Å². The van der Waals surface area contributed by atoms with E-state index in [4.69, 9.17) is 28.2 Å². The van der Waals surface area contributed by atoms with Crippen molar-refractivity contribution in [2.75, 3.05) is 4.90 Å². The lowest BCUT2D eigenvalue weighted by atomic mass is 9.47. The summed E-state index contributed by atoms with van der Waals surface area (Å²) >= 11 is 12.8. The lowest BCUT2D eigenvalue weighted by Crippen LogP contribution is -2.54. The first kappa shape index (κ1) is 22.5. The van der Waals surface area contributed by atoms with Crippen LogP contribution < -0.4 is 4.90 Å². The summed E-state index contributed by atoms with van der Waals surface area (Å²) in [7, 11) is 0. The summed E-state index contributed by atoms with van der Waals surface area (Å²) in [4.78, 5) is 34.7. The standard InChI is InChI=1S/C31H20Cl2N2O2/c32-18-8-7-9-19(16-18)34-17-31-22-12-3-1-10-20(22)26(21-11-2-4-13-23(21)31)27-28(31)30(37)35(29(27)36)25-15-6-5-14-24(25)33/h1-17,26-28H/t26?,27-,28-,31?/m1/s1. The van der Waals surface area contributed by atoms with Crippen LogP contribution in [0, 0.1) is 11.8 Å². The molecular formula is C31H20Cl2N2O2. The largest absolute Gasteiger partial charge is 0.274 e. The number of anilines is 1. The highest BCUT2D eigenvalue weighted by Gasteiger charge is 2.68. The van der Waals surface area contributed by atoms with Gasteiger partial charge >= 0.3 is 0 Å². The number of amides is 2. The zero-order valence-electron chi connectivity index (χ0n) is 19.5. The third kappa shape index (κ3) is 3.00. The first-order valence-corrected chi connectivity index (χ1v) is 12.9. The SMILES string of the molecule is O=C1[C@@H]2C3c4ccccc4C(C=Nc4cccc(Cl)c4)(c4ccccc43)[C@H]2C(=O)N1c1ccccc1Cl. The molecule has 0 aromatic heterocycles. The molecule has 0 radical (unpaired) electrons. The maximum atomic E-state index is 14.3. The number of nitrogens with zero attached hydrogens (tertiary/aromatic N) is 2. The van der Waals surface area contributed by atoms with Crippen LogP contribution in [0.4, 0.5) is 11.4 Å². The highest BCUT2D eigenvalue weighted by molar-refractivity contribution is 6.36. The molecule has 2 bridgehead atoms. The van der Waals surface area contributed by atoms with Gasteiger partial charge < -0.3 is 0 Å². The molecule has 4 aromatic rings. The predicted molar refractivity (Wildman–Crippen MR) is 146 cm³/mol. The van der Waals surface area contributed by atoms with E-state index in [-0.39, 0.29) is 17.7 Å². The van der Waals surface area contributed by atoms with Crippen LogP contribution in [0.2, 0.25) is 10.0 Å². The molecule has 2 amide bonds. The van der Waals surface area contributed by atoms with Crippen LogP contribution in [0.25, 0.3) is 0 Å². The number of para-hydroxylation sites is 1. The minimum atomic E-state index is -0.933. The highest BCUT2D eigenvalue weighted by atomic mass is 35.5. The van der Waals surface area contributed by atoms with Crippen molar-refractivity contribution in [3.8, 4) is 0 Å². The maximum absolute atomic E-state index is 14.3. The van der Waals surface area contributed by atoms with Gasteiger partial charge in [0.2, 0.25) is 11.8 Å². The Bertz CT molecular complexity index is 1600. The van der Waals surface area contributed by atoms with Crippen molar-refractivity contribution in [2.45, 2.75) is 11.3 Å². The van der Waals surface area contributed by atoms with E-state index in [0.717, 1.165) is 22.3 Å². The van der Waals surface area contributed by atoms with Gasteiger partial charge in [-0.1, -0.05) is 89.9 Å². The van der Waals surface area contributed by atoms with Crippen molar-refractivity contribution in [1.82, 2.24) is 0 Å². The van der Waals surface area contributed by atoms with Gasteiger partial charge in [0, 0.05) is 17.2 Å². The van der Waals surface area contributed by atoms with E-state index in [9.17, 15) is 9.59 Å². The molecule has 0 spiro atoms. The van der Waals surface area contributed by atoms with Gasteiger partial charge in [0.15, 0.2) is 0 Å². The van der Waals surface area contributed by atoms with Crippen LogP contribution in [-0.4, -0.2) is 18.0 Å². The molecule has 4 aliphatic rings. The number of carbonyl (C=O) groups is 2. The smallest absolute Gasteiger partial charge is 0.239 e. The second kappa shape index (κ2) is 8.14. The summed E-state index contributed by atoms with van der Waals surface area (Å²) < 4.78 is 0. The van der Waals surface area contributed by atoms with E-state index in [2.05, 4.69) is 24.3 Å². The Kier molecular flexibility index (Phi) is 4.94. The molecule has 37 heavy (non-hydrogen) atoms. The normalized spacial score (nSPS) is 25.4. The molecule has 1 saturated heterocycles. The van der Waals surface area contributed by atoms with Crippen molar-refractivity contribution in [3.05, 3.63) is 129 Å². The maximum Gasteiger partial charge on any atom is 0.239 e. The van der Waals surface area contributed by atoms with Gasteiger partial charge in [0.05, 0.1) is 33.6 Å². The molecule has 3 aliphatic carbocycles. The second-order valence-electron chi connectivity index (χ2n) is 9.73. The fourth-order valence-corrected chi connectivity index (χ4v) is 7.06. The lowest BCUT2D eigenvalue weighted by Gasteiger charge is -2.52. The van der Waals surface area contributed by atoms with Gasteiger partial charge in [-0.25, -0.2) is 4.90 Å². The Labute approximate surface area is 224 Å². The third-order valence-electron chi connectivity index (χ3n) is 8.00. The van der Waals surface area contributed by atoms with Crippen LogP contribution in [0.3, 0.4) is 0 Å². The topological polar surface area (TPSA) is 49.7 Å². The van der Waals surface area contributed by atoms with Gasteiger partial charge in [-0.3, -0.25) is 14.6 Å². The third-order valence-corrected chi connectivity index (χ3v) is 8.56. The van der Waals surface area contributed by atoms with E-state index in [0.29, 0.717) is 21.4 Å². The number of carbonyl (C=O) groups excluding carboxylic acids is 2. The van der Waals surface area contributed by atoms with Crippen LogP contribution in [0.5, 0.6) is 0 Å². The van der Waals surface area contributed by atoms with E-state index in [1.165, 1.54) is 4.90 Å². The predicted octanol–water partition coefficient (Wildman–Crippen LogP) is 6.95. The number of aliphatic imine (C=N–C) groups is 1. The molecule has 4 aromatic carbocycles. The molecule has 0 unspecified atom stereocenters. The highest BCUT2D eigenvalue weighted by Crippen LogP contribution is 2.64. The molecule has 2 atom stereocenters. The molecule has 1 heterocycles. The number of hydrogen-bond acceptors (Lipinski definition) is 3. The molecule has 4 nitrogen and oxygen atoms in total. The minimum Gasteiger partial charge on any atom is -0.274 e. The number of hydrogen-bond donors (Lipinski definition) is 0. The van der Waals surface area contributed by atoms with Crippen LogP contribution in [0.1, 0.15) is 28.2 Å². The van der Waals surface area contributed by atoms with Crippen molar-refractivity contribution in [3.63, 3.8) is 0 Å². The Balaban J connectivity index is 1.52. The molecule has 0 saturated carbocycles. The van der Waals surface area contributed by atoms with Crippen molar-refractivity contribution >= 4 is 52.6 Å². The Morgan fingerprint density at radius 2 is 1.41 bits per heavy atom. The number of imide groups is 1. The molecule has 0 N–H and O–H groups in total. The number of benzene rings is 4. The van der Waals surface area contributed by atoms with Crippen LogP contribution in [-0.2, 0) is 15.0 Å². The quantitative estimate of drug-likeness (QED) is 0.216. The van der Waals surface area contributed by atoms with Gasteiger partial charge in [-0.2, -0.15) is 0 Å². The molecular weight excluding hydrogens is 503 g/mol. The Morgan fingerprint density at radius 1 is 0.757 bits per heavy atom. The van der Waals surface area contributed by atoms with Gasteiger partial charge in [0.25, 0.3) is 0 Å². The molecule has 1 fully saturated rings. The van der Waals surface area contributed by atoms with Crippen molar-refractivity contribution < 1.29 is 9.59 Å². The Hall–Kier alpha value is -3.73. The average molecular weight is 523 g/mol. The fourth-order valence-electron chi connectivity index (χ4n) is 6.65. The Morgan fingerprint density at radius 3 is 2.08 bits per heavy atom. The molecule has 8 rings (SSSR count). The molecule has 6 heteroatoms. The lowest BCUT2D eigenvalue weighted by molar-refractivity contribution is -0.122. The van der Waals surface area contributed by atoms with E-state index in [1.54, 1.807) is 36.4 Å². The van der Waals surface area contributed by atoms with Gasteiger partial charge in [-0.15, -0.1) is 0 Å². The average Bonchev–Trinajstić information content (AvgIpc) is 3.19. The van der Waals surface area contributed by atoms with Gasteiger partial charge in [0.1, 0.15) is 0 Å². The summed E-state index contributed by atoms with van der Waals surface area (Å²) in [5, 5.41) is 0.946. The number of halogens is 2. The fraction of sp³-hybridized carbons (Fsp3) is 0.129. The summed E-state index contributed by atoms with van der Waals surface area (Å²) in [5.41, 5.74) is 4.30. The second-order valence-corrected chi connectivity index (χ2v) is 10.6. The molecule has 180 valence electrons. The van der Waals surface area contributed by atoms with Crippen LogP contribution >= 0.6 is 23.2 Å². The van der Waals surface area contributed by atoms with E-state index < -0.39 is 17.3 Å². The minimum absolute atomic E-state index is 0.224. The van der Waals surface area contributed by atoms with E-state index >= 15 is 0 Å². The zero-order chi connectivity index (χ0) is 25.3. The summed E-state index contributed by atoms with van der Waals surface area (Å²) in [6.07, 6.45) is 1.87. The molecule has 1 aliphatic heterocycles.